The fourth-order valence-corrected chi connectivity index (χ4v) is 4.19. The van der Waals surface area contributed by atoms with Gasteiger partial charge in [-0.3, -0.25) is 4.72 Å². The summed E-state index contributed by atoms with van der Waals surface area (Å²) < 4.78 is 28.6. The second kappa shape index (κ2) is 5.78. The molecule has 0 fully saturated rings. The lowest BCUT2D eigenvalue weighted by Crippen LogP contribution is -2.13. The van der Waals surface area contributed by atoms with Crippen LogP contribution in [0.25, 0.3) is 11.3 Å². The van der Waals surface area contributed by atoms with Crippen LogP contribution >= 0.6 is 11.3 Å². The molecule has 3 aromatic rings. The number of thiazole rings is 1. The first-order chi connectivity index (χ1) is 10.8. The van der Waals surface area contributed by atoms with Crippen LogP contribution < -0.4 is 4.72 Å². The molecule has 0 saturated heterocycles. The minimum absolute atomic E-state index is 0.0248. The van der Waals surface area contributed by atoms with E-state index < -0.39 is 10.0 Å². The van der Waals surface area contributed by atoms with Crippen molar-refractivity contribution < 1.29 is 8.42 Å². The molecular weight excluding hydrogens is 332 g/mol. The molecule has 8 heteroatoms. The smallest absolute Gasteiger partial charge is 0.282 e. The van der Waals surface area contributed by atoms with Crippen molar-refractivity contribution in [3.63, 3.8) is 0 Å². The summed E-state index contributed by atoms with van der Waals surface area (Å²) in [5.74, 6) is 0. The Labute approximate surface area is 138 Å². The van der Waals surface area contributed by atoms with Crippen molar-refractivity contribution in [3.05, 3.63) is 47.2 Å². The summed E-state index contributed by atoms with van der Waals surface area (Å²) in [6, 6.07) is 6.09. The van der Waals surface area contributed by atoms with Gasteiger partial charge in [0.05, 0.1) is 12.0 Å². The average Bonchev–Trinajstić information content (AvgIpc) is 3.08. The summed E-state index contributed by atoms with van der Waals surface area (Å²) in [6.07, 6.45) is 2.89. The van der Waals surface area contributed by atoms with Gasteiger partial charge in [0.25, 0.3) is 10.0 Å². The third-order valence-corrected chi connectivity index (χ3v) is 5.45. The van der Waals surface area contributed by atoms with Gasteiger partial charge in [0.1, 0.15) is 0 Å². The molecule has 0 aliphatic carbocycles. The van der Waals surface area contributed by atoms with Gasteiger partial charge in [0.15, 0.2) is 10.2 Å². The normalized spacial score (nSPS) is 11.6. The molecule has 23 heavy (non-hydrogen) atoms. The van der Waals surface area contributed by atoms with Gasteiger partial charge in [0, 0.05) is 24.2 Å². The van der Waals surface area contributed by atoms with Crippen molar-refractivity contribution in [2.75, 3.05) is 4.72 Å². The highest BCUT2D eigenvalue weighted by atomic mass is 32.2. The Balaban J connectivity index is 1.88. The molecular formula is C15H16N4O2S2. The maximum absolute atomic E-state index is 12.3. The number of aromatic nitrogens is 3. The SMILES string of the molecule is Cc1ccc(-c2csc(NS(=O)(=O)c3cn(C)cn3)n2)c(C)c1. The summed E-state index contributed by atoms with van der Waals surface area (Å²) in [5.41, 5.74) is 4.04. The molecule has 3 rings (SSSR count). The zero-order valence-corrected chi connectivity index (χ0v) is 14.6. The van der Waals surface area contributed by atoms with Gasteiger partial charge >= 0.3 is 0 Å². The highest BCUT2D eigenvalue weighted by Gasteiger charge is 2.19. The Bertz CT molecular complexity index is 958. The average molecular weight is 348 g/mol. The molecule has 2 heterocycles. The molecule has 1 N–H and O–H groups in total. The largest absolute Gasteiger partial charge is 0.339 e. The van der Waals surface area contributed by atoms with E-state index in [2.05, 4.69) is 20.8 Å². The Hall–Kier alpha value is -2.19. The van der Waals surface area contributed by atoms with E-state index >= 15 is 0 Å². The Morgan fingerprint density at radius 1 is 1.26 bits per heavy atom. The molecule has 1 aromatic carbocycles. The monoisotopic (exact) mass is 348 g/mol. The first kappa shape index (κ1) is 15.7. The molecule has 0 aliphatic rings. The Morgan fingerprint density at radius 3 is 2.70 bits per heavy atom. The summed E-state index contributed by atoms with van der Waals surface area (Å²) in [5, 5.41) is 2.14. The molecule has 0 amide bonds. The fraction of sp³-hybridized carbons (Fsp3) is 0.200. The Kier molecular flexibility index (Phi) is 3.95. The minimum atomic E-state index is -3.71. The van der Waals surface area contributed by atoms with Gasteiger partial charge in [-0.2, -0.15) is 8.42 Å². The number of imidazole rings is 1. The van der Waals surface area contributed by atoms with Gasteiger partial charge in [-0.05, 0) is 19.4 Å². The maximum Gasteiger partial charge on any atom is 0.282 e. The fourth-order valence-electron chi connectivity index (χ4n) is 2.24. The van der Waals surface area contributed by atoms with Crippen molar-refractivity contribution in [1.29, 1.82) is 0 Å². The van der Waals surface area contributed by atoms with E-state index in [4.69, 9.17) is 0 Å². The number of rotatable bonds is 4. The lowest BCUT2D eigenvalue weighted by Gasteiger charge is -2.04. The van der Waals surface area contributed by atoms with E-state index in [0.717, 1.165) is 16.8 Å². The second-order valence-corrected chi connectivity index (χ2v) is 7.83. The summed E-state index contributed by atoms with van der Waals surface area (Å²) >= 11 is 1.25. The molecule has 0 atom stereocenters. The third kappa shape index (κ3) is 3.27. The van der Waals surface area contributed by atoms with Gasteiger partial charge in [-0.1, -0.05) is 23.8 Å². The summed E-state index contributed by atoms with van der Waals surface area (Å²) in [6.45, 7) is 4.05. The lowest BCUT2D eigenvalue weighted by atomic mass is 10.0. The van der Waals surface area contributed by atoms with E-state index in [1.165, 1.54) is 29.4 Å². The van der Waals surface area contributed by atoms with Gasteiger partial charge < -0.3 is 4.57 Å². The summed E-state index contributed by atoms with van der Waals surface area (Å²) in [4.78, 5) is 8.24. The van der Waals surface area contributed by atoms with Crippen molar-refractivity contribution in [2.24, 2.45) is 7.05 Å². The lowest BCUT2D eigenvalue weighted by molar-refractivity contribution is 0.598. The van der Waals surface area contributed by atoms with Crippen LogP contribution in [0.15, 0.2) is 41.1 Å². The third-order valence-electron chi connectivity index (χ3n) is 3.34. The van der Waals surface area contributed by atoms with Crippen molar-refractivity contribution in [2.45, 2.75) is 18.9 Å². The first-order valence-electron chi connectivity index (χ1n) is 6.89. The van der Waals surface area contributed by atoms with E-state index in [0.29, 0.717) is 5.13 Å². The van der Waals surface area contributed by atoms with Gasteiger partial charge in [0.2, 0.25) is 0 Å². The van der Waals surface area contributed by atoms with E-state index in [9.17, 15) is 8.42 Å². The quantitative estimate of drug-likeness (QED) is 0.786. The zero-order valence-electron chi connectivity index (χ0n) is 12.9. The number of hydrogen-bond donors (Lipinski definition) is 1. The van der Waals surface area contributed by atoms with Crippen LogP contribution in [0.5, 0.6) is 0 Å². The molecule has 6 nitrogen and oxygen atoms in total. The van der Waals surface area contributed by atoms with Crippen molar-refractivity contribution in [3.8, 4) is 11.3 Å². The van der Waals surface area contributed by atoms with Crippen LogP contribution in [0.2, 0.25) is 0 Å². The number of benzene rings is 1. The molecule has 0 unspecified atom stereocenters. The topological polar surface area (TPSA) is 76.9 Å². The van der Waals surface area contributed by atoms with Crippen LogP contribution in [0.1, 0.15) is 11.1 Å². The first-order valence-corrected chi connectivity index (χ1v) is 9.25. The highest BCUT2D eigenvalue weighted by molar-refractivity contribution is 7.92. The van der Waals surface area contributed by atoms with Crippen molar-refractivity contribution in [1.82, 2.24) is 14.5 Å². The van der Waals surface area contributed by atoms with E-state index in [1.54, 1.807) is 11.6 Å². The minimum Gasteiger partial charge on any atom is -0.339 e. The number of hydrogen-bond acceptors (Lipinski definition) is 5. The number of nitrogens with zero attached hydrogens (tertiary/aromatic N) is 3. The van der Waals surface area contributed by atoms with Gasteiger partial charge in [-0.15, -0.1) is 11.3 Å². The van der Waals surface area contributed by atoms with Crippen molar-refractivity contribution >= 4 is 26.5 Å². The molecule has 0 bridgehead atoms. The molecule has 0 spiro atoms. The molecule has 0 saturated carbocycles. The molecule has 2 aromatic heterocycles. The highest BCUT2D eigenvalue weighted by Crippen LogP contribution is 2.28. The number of aryl methyl sites for hydroxylation is 3. The second-order valence-electron chi connectivity index (χ2n) is 5.34. The zero-order chi connectivity index (χ0) is 16.6. The Morgan fingerprint density at radius 2 is 2.04 bits per heavy atom. The number of anilines is 1. The summed E-state index contributed by atoms with van der Waals surface area (Å²) in [7, 11) is -2.00. The molecule has 0 aliphatic heterocycles. The van der Waals surface area contributed by atoms with Crippen LogP contribution in [0.3, 0.4) is 0 Å². The van der Waals surface area contributed by atoms with Crippen LogP contribution in [0.4, 0.5) is 5.13 Å². The molecule has 120 valence electrons. The van der Waals surface area contributed by atoms with Crippen LogP contribution in [0, 0.1) is 13.8 Å². The van der Waals surface area contributed by atoms with Crippen LogP contribution in [-0.2, 0) is 17.1 Å². The van der Waals surface area contributed by atoms with Crippen LogP contribution in [-0.4, -0.2) is 23.0 Å². The molecule has 0 radical (unpaired) electrons. The predicted molar refractivity (Wildman–Crippen MR) is 91.0 cm³/mol. The van der Waals surface area contributed by atoms with Gasteiger partial charge in [-0.25, -0.2) is 9.97 Å². The number of nitrogens with one attached hydrogen (secondary N) is 1. The number of sulfonamides is 1. The standard InChI is InChI=1S/C15H16N4O2S2/c1-10-4-5-12(11(2)6-10)13-8-22-15(17-13)18-23(20,21)14-7-19(3)9-16-14/h4-9H,1-3H3,(H,17,18). The predicted octanol–water partition coefficient (Wildman–Crippen LogP) is 2.96. The van der Waals surface area contributed by atoms with E-state index in [-0.39, 0.29) is 5.03 Å². The maximum atomic E-state index is 12.3. The van der Waals surface area contributed by atoms with E-state index in [1.807, 2.05) is 31.4 Å².